The number of fused-ring (bicyclic) bond motifs is 3. The second-order valence-electron chi connectivity index (χ2n) is 14.2. The van der Waals surface area contributed by atoms with Crippen molar-refractivity contribution in [3.8, 4) is 39.3 Å². The molecule has 0 amide bonds. The van der Waals surface area contributed by atoms with Crippen molar-refractivity contribution in [2.45, 2.75) is 53.0 Å². The molecule has 0 saturated carbocycles. The Bertz CT molecular complexity index is 2430. The first kappa shape index (κ1) is 39.0. The Hall–Kier alpha value is -5.28. The van der Waals surface area contributed by atoms with Crippen molar-refractivity contribution >= 4 is 28.6 Å². The summed E-state index contributed by atoms with van der Waals surface area (Å²) in [6.07, 6.45) is 0.749. The van der Waals surface area contributed by atoms with Crippen LogP contribution < -0.4 is 10.4 Å². The summed E-state index contributed by atoms with van der Waals surface area (Å²) in [5, 5.41) is 38.4. The monoisotopic (exact) mass is 796 g/mol. The number of H-pyrrole nitrogens is 1. The highest BCUT2D eigenvalue weighted by Gasteiger charge is 2.31. The van der Waals surface area contributed by atoms with E-state index >= 15 is 0 Å². The van der Waals surface area contributed by atoms with Crippen molar-refractivity contribution in [1.29, 1.82) is 0 Å². The second-order valence-corrected chi connectivity index (χ2v) is 15.9. The van der Waals surface area contributed by atoms with E-state index in [0.717, 1.165) is 53.0 Å². The Morgan fingerprint density at radius 2 is 1.70 bits per heavy atom. The molecule has 292 valence electrons. The number of hydrogen-bond donors (Lipinski definition) is 3. The highest BCUT2D eigenvalue weighted by atomic mass is 35.5. The maximum atomic E-state index is 12.8. The van der Waals surface area contributed by atoms with Crippen LogP contribution in [0.4, 0.5) is 0 Å². The zero-order chi connectivity index (χ0) is 39.7. The standard InChI is InChI=1S/C41H45ClN8O5S/c1-23(2)31-21-32(35(52)22-34(31)51)38-45-47-41(53)50(38)29-11-13-30(14-12-29)55-20-19-54-18-17-48(6)16-15-33-39-46-44-26(5)49(39)40-36(24(3)25(4)56-40)37(43-33)27-7-9-28(42)10-8-27/h7-14,21-23,33,51-52H,15-20H2,1-6H3,(H,47,53)/t33-/m0/s1. The van der Waals surface area contributed by atoms with Gasteiger partial charge in [-0.1, -0.05) is 37.6 Å². The minimum absolute atomic E-state index is 0.00380. The number of rotatable bonds is 14. The van der Waals surface area contributed by atoms with Gasteiger partial charge < -0.3 is 24.6 Å². The summed E-state index contributed by atoms with van der Waals surface area (Å²) in [6.45, 7) is 12.9. The zero-order valence-electron chi connectivity index (χ0n) is 32.2. The third-order valence-corrected chi connectivity index (χ3v) is 11.5. The predicted octanol–water partition coefficient (Wildman–Crippen LogP) is 7.29. The number of hydrogen-bond acceptors (Lipinski definition) is 11. The smallest absolute Gasteiger partial charge is 0.348 e. The summed E-state index contributed by atoms with van der Waals surface area (Å²) in [4.78, 5) is 21.6. The van der Waals surface area contributed by atoms with Crippen LogP contribution in [0.3, 0.4) is 0 Å². The highest BCUT2D eigenvalue weighted by Crippen LogP contribution is 2.40. The molecule has 6 aromatic rings. The van der Waals surface area contributed by atoms with Gasteiger partial charge in [0.15, 0.2) is 11.6 Å². The number of likely N-dealkylation sites (N-methyl/N-ethyl adjacent to an activating group) is 1. The molecule has 56 heavy (non-hydrogen) atoms. The van der Waals surface area contributed by atoms with E-state index < -0.39 is 5.69 Å². The van der Waals surface area contributed by atoms with Gasteiger partial charge in [0.05, 0.1) is 30.2 Å². The molecule has 0 fully saturated rings. The number of aliphatic imine (C=N–C) groups is 1. The number of aryl methyl sites for hydroxylation is 2. The molecule has 4 heterocycles. The molecule has 13 nitrogen and oxygen atoms in total. The van der Waals surface area contributed by atoms with Crippen LogP contribution in [-0.2, 0) is 4.74 Å². The van der Waals surface area contributed by atoms with E-state index in [0.29, 0.717) is 47.4 Å². The van der Waals surface area contributed by atoms with Crippen LogP contribution in [0.2, 0.25) is 5.02 Å². The topological polar surface area (TPSA) is 156 Å². The number of halogens is 1. The Balaban J connectivity index is 0.929. The number of phenols is 2. The molecule has 15 heteroatoms. The molecule has 1 atom stereocenters. The summed E-state index contributed by atoms with van der Waals surface area (Å²) in [6, 6.07) is 17.6. The van der Waals surface area contributed by atoms with E-state index in [-0.39, 0.29) is 29.3 Å². The molecule has 1 aliphatic heterocycles. The molecule has 3 aromatic heterocycles. The van der Waals surface area contributed by atoms with E-state index in [4.69, 9.17) is 26.1 Å². The van der Waals surface area contributed by atoms with Gasteiger partial charge in [0.25, 0.3) is 0 Å². The molecule has 0 bridgehead atoms. The Morgan fingerprint density at radius 3 is 2.43 bits per heavy atom. The Kier molecular flexibility index (Phi) is 11.4. The number of aromatic nitrogens is 6. The first-order chi connectivity index (χ1) is 26.9. The molecule has 0 radical (unpaired) electrons. The first-order valence-electron chi connectivity index (χ1n) is 18.5. The van der Waals surface area contributed by atoms with Crippen molar-refractivity contribution in [2.24, 2.45) is 4.99 Å². The lowest BCUT2D eigenvalue weighted by molar-refractivity contribution is 0.0843. The van der Waals surface area contributed by atoms with Gasteiger partial charge in [-0.25, -0.2) is 14.5 Å². The van der Waals surface area contributed by atoms with Gasteiger partial charge in [0, 0.05) is 40.2 Å². The van der Waals surface area contributed by atoms with Crippen molar-refractivity contribution in [2.75, 3.05) is 40.0 Å². The fraction of sp³-hybridized carbons (Fsp3) is 0.341. The quantitative estimate of drug-likeness (QED) is 0.0964. The predicted molar refractivity (Wildman–Crippen MR) is 219 cm³/mol. The Morgan fingerprint density at radius 1 is 0.946 bits per heavy atom. The molecule has 7 rings (SSSR count). The summed E-state index contributed by atoms with van der Waals surface area (Å²) in [7, 11) is 2.07. The minimum atomic E-state index is -0.462. The number of ether oxygens (including phenoxy) is 2. The fourth-order valence-corrected chi connectivity index (χ4v) is 8.17. The van der Waals surface area contributed by atoms with Crippen LogP contribution >= 0.6 is 22.9 Å². The summed E-state index contributed by atoms with van der Waals surface area (Å²) < 4.78 is 15.4. The molecule has 0 unspecified atom stereocenters. The molecule has 1 aliphatic rings. The largest absolute Gasteiger partial charge is 0.508 e. The molecule has 0 saturated heterocycles. The van der Waals surface area contributed by atoms with Crippen LogP contribution in [0.5, 0.6) is 17.2 Å². The van der Waals surface area contributed by atoms with Gasteiger partial charge in [0.2, 0.25) is 0 Å². The second kappa shape index (κ2) is 16.4. The number of benzene rings is 3. The molecule has 0 aliphatic carbocycles. The molecule has 0 spiro atoms. The van der Waals surface area contributed by atoms with E-state index in [1.165, 1.54) is 21.1 Å². The Labute approximate surface area is 333 Å². The number of aromatic hydroxyl groups is 2. The zero-order valence-corrected chi connectivity index (χ0v) is 33.8. The maximum Gasteiger partial charge on any atom is 0.348 e. The molecular formula is C41H45ClN8O5S. The van der Waals surface area contributed by atoms with E-state index in [9.17, 15) is 15.0 Å². The number of thiophene rings is 1. The van der Waals surface area contributed by atoms with Crippen LogP contribution in [-0.4, -0.2) is 90.3 Å². The number of nitrogens with zero attached hydrogens (tertiary/aromatic N) is 7. The van der Waals surface area contributed by atoms with Gasteiger partial charge in [-0.2, -0.15) is 5.10 Å². The third-order valence-electron chi connectivity index (χ3n) is 10.0. The van der Waals surface area contributed by atoms with Crippen molar-refractivity contribution < 1.29 is 19.7 Å². The van der Waals surface area contributed by atoms with Crippen LogP contribution in [0.1, 0.15) is 71.0 Å². The number of aromatic amines is 1. The van der Waals surface area contributed by atoms with Crippen molar-refractivity contribution in [3.63, 3.8) is 0 Å². The van der Waals surface area contributed by atoms with E-state index in [2.05, 4.69) is 50.8 Å². The highest BCUT2D eigenvalue weighted by molar-refractivity contribution is 7.15. The summed E-state index contributed by atoms with van der Waals surface area (Å²) in [5.74, 6) is 2.33. The van der Waals surface area contributed by atoms with Gasteiger partial charge in [-0.15, -0.1) is 21.5 Å². The normalized spacial score (nSPS) is 13.9. The average Bonchev–Trinajstić information content (AvgIpc) is 3.81. The number of phenolic OH excluding ortho intramolecular Hbond substituents is 2. The van der Waals surface area contributed by atoms with Gasteiger partial charge >= 0.3 is 5.69 Å². The summed E-state index contributed by atoms with van der Waals surface area (Å²) >= 11 is 8.01. The SMILES string of the molecule is Cc1sc2c(c1C)C(c1ccc(Cl)cc1)=N[C@@H](CCN(C)CCOCCOc1ccc(-n3c(-c4cc(C(C)C)c(O)cc4O)n[nH]c3=O)cc1)c1nnc(C)n1-2. The fourth-order valence-electron chi connectivity index (χ4n) is 6.83. The van der Waals surface area contributed by atoms with Gasteiger partial charge in [-0.05, 0) is 93.7 Å². The van der Waals surface area contributed by atoms with Crippen LogP contribution in [0, 0.1) is 20.8 Å². The van der Waals surface area contributed by atoms with Crippen molar-refractivity contribution in [3.05, 3.63) is 115 Å². The first-order valence-corrected chi connectivity index (χ1v) is 19.7. The molecular weight excluding hydrogens is 752 g/mol. The minimum Gasteiger partial charge on any atom is -0.508 e. The molecule has 3 aromatic carbocycles. The van der Waals surface area contributed by atoms with E-state index in [1.807, 2.05) is 45.0 Å². The number of nitrogens with one attached hydrogen (secondary N) is 1. The van der Waals surface area contributed by atoms with Gasteiger partial charge in [0.1, 0.15) is 40.7 Å². The lowest BCUT2D eigenvalue weighted by Crippen LogP contribution is -2.26. The average molecular weight is 797 g/mol. The third kappa shape index (κ3) is 7.87. The maximum absolute atomic E-state index is 12.8. The molecule has 3 N–H and O–H groups in total. The van der Waals surface area contributed by atoms with Crippen LogP contribution in [0.15, 0.2) is 70.5 Å². The van der Waals surface area contributed by atoms with Crippen molar-refractivity contribution in [1.82, 2.24) is 34.4 Å². The van der Waals surface area contributed by atoms with Crippen LogP contribution in [0.25, 0.3) is 22.1 Å². The van der Waals surface area contributed by atoms with E-state index in [1.54, 1.807) is 41.7 Å². The lowest BCUT2D eigenvalue weighted by Gasteiger charge is -2.19. The van der Waals surface area contributed by atoms with Gasteiger partial charge in [-0.3, -0.25) is 9.56 Å². The lowest BCUT2D eigenvalue weighted by atomic mass is 9.98. The summed E-state index contributed by atoms with van der Waals surface area (Å²) in [5.41, 5.74) is 5.34.